The van der Waals surface area contributed by atoms with E-state index in [0.29, 0.717) is 0 Å². The van der Waals surface area contributed by atoms with Crippen LogP contribution in [-0.2, 0) is 57.2 Å². The van der Waals surface area contributed by atoms with E-state index in [-0.39, 0.29) is 17.1 Å². The maximum Gasteiger partial charge on any atom is 2.00 e. The molecular weight excluding hydrogens is 615 g/mol. The molecule has 0 atom stereocenters. The largest absolute Gasteiger partial charge is 2.00 e. The van der Waals surface area contributed by atoms with E-state index in [1.807, 2.05) is 0 Å². The Labute approximate surface area is 174 Å². The van der Waals surface area contributed by atoms with Crippen molar-refractivity contribution in [1.29, 1.82) is 0 Å². The van der Waals surface area contributed by atoms with Gasteiger partial charge in [0.25, 0.3) is 0 Å². The molecule has 0 aromatic heterocycles. The fourth-order valence-corrected chi connectivity index (χ4v) is 3.85. The molecule has 0 unspecified atom stereocenters. The summed E-state index contributed by atoms with van der Waals surface area (Å²) in [6.45, 7) is 0. The average molecular weight is 615 g/mol. The molecule has 0 N–H and O–H groups in total. The molecule has 0 spiro atoms. The normalized spacial score (nSPS) is 14.8. The fraction of sp³-hybridized carbons (Fsp3) is 1.00. The van der Waals surface area contributed by atoms with Gasteiger partial charge in [-0.1, -0.05) is 0 Å². The van der Waals surface area contributed by atoms with Gasteiger partial charge in [-0.2, -0.15) is 52.7 Å². The van der Waals surface area contributed by atoms with E-state index in [1.165, 1.54) is 0 Å². The summed E-state index contributed by atoms with van der Waals surface area (Å²) in [5.41, 5.74) is -24.8. The van der Waals surface area contributed by atoms with Gasteiger partial charge in [0.05, 0.1) is 0 Å². The van der Waals surface area contributed by atoms with Crippen LogP contribution in [0.2, 0.25) is 0 Å². The maximum atomic E-state index is 11.4. The maximum absolute atomic E-state index is 11.4. The fourth-order valence-electron chi connectivity index (χ4n) is 0.427. The quantitative estimate of drug-likeness (QED) is 0.343. The summed E-state index contributed by atoms with van der Waals surface area (Å²) in [6, 6.07) is 0. The number of halogens is 12. The standard InChI is InChI=1S/2C2F6NO4S2.Mn/c2*3-1(4,5)14(10,11)9-15(12,13)2(6,7)8;/q2*-1;+2. The van der Waals surface area contributed by atoms with Crippen LogP contribution in [0.4, 0.5) is 52.7 Å². The Balaban J connectivity index is -0.000000490. The van der Waals surface area contributed by atoms with Crippen molar-refractivity contribution >= 4 is 40.1 Å². The van der Waals surface area contributed by atoms with Gasteiger partial charge >= 0.3 is 39.1 Å². The Kier molecular flexibility index (Phi) is 11.0. The minimum atomic E-state index is -6.72. The Morgan fingerprint density at radius 1 is 0.355 bits per heavy atom. The van der Waals surface area contributed by atoms with Crippen LogP contribution in [0.3, 0.4) is 0 Å². The van der Waals surface area contributed by atoms with E-state index in [4.69, 9.17) is 0 Å². The third-order valence-electron chi connectivity index (χ3n) is 1.56. The monoisotopic (exact) mass is 615 g/mol. The molecule has 27 heteroatoms. The second-order valence-corrected chi connectivity index (χ2v) is 10.7. The first-order valence-corrected chi connectivity index (χ1v) is 10.9. The van der Waals surface area contributed by atoms with Gasteiger partial charge in [0.1, 0.15) is 0 Å². The average Bonchev–Trinajstić information content (AvgIpc) is 2.30. The zero-order valence-electron chi connectivity index (χ0n) is 12.7. The van der Waals surface area contributed by atoms with Crippen molar-refractivity contribution in [2.75, 3.05) is 0 Å². The van der Waals surface area contributed by atoms with Gasteiger partial charge < -0.3 is 8.25 Å². The minimum Gasteiger partial charge on any atom is -0.421 e. The van der Waals surface area contributed by atoms with Crippen molar-refractivity contribution in [3.63, 3.8) is 0 Å². The molecule has 0 aromatic rings. The molecular formula is C4F12MnN2O8S4. The van der Waals surface area contributed by atoms with Crippen LogP contribution in [0.1, 0.15) is 0 Å². The molecule has 0 amide bonds. The van der Waals surface area contributed by atoms with E-state index in [9.17, 15) is 86.4 Å². The van der Waals surface area contributed by atoms with Gasteiger partial charge in [-0.25, -0.2) is 33.7 Å². The molecule has 0 aliphatic heterocycles. The Morgan fingerprint density at radius 2 is 0.452 bits per heavy atom. The number of rotatable bonds is 4. The molecule has 31 heavy (non-hydrogen) atoms. The molecule has 0 saturated carbocycles. The van der Waals surface area contributed by atoms with Gasteiger partial charge in [-0.15, -0.1) is 0 Å². The SMILES string of the molecule is O=S(=O)([N-]S(=O)(=O)C(F)(F)F)C(F)(F)F.O=S(=O)([N-]S(=O)(=O)C(F)(F)F)C(F)(F)F.[Mn+2]. The van der Waals surface area contributed by atoms with Crippen molar-refractivity contribution in [3.8, 4) is 0 Å². The van der Waals surface area contributed by atoms with Crippen molar-refractivity contribution in [3.05, 3.63) is 8.25 Å². The van der Waals surface area contributed by atoms with Gasteiger partial charge in [-0.3, -0.25) is 0 Å². The summed E-state index contributed by atoms with van der Waals surface area (Å²) in [6.07, 6.45) is 0. The third-order valence-corrected chi connectivity index (χ3v) is 7.04. The number of hydrogen-bond donors (Lipinski definition) is 0. The van der Waals surface area contributed by atoms with Gasteiger partial charge in [-0.05, 0) is 0 Å². The molecule has 0 aliphatic rings. The topological polar surface area (TPSA) is 165 Å². The summed E-state index contributed by atoms with van der Waals surface area (Å²) < 4.78 is 218. The Morgan fingerprint density at radius 3 is 0.516 bits per heavy atom. The first-order chi connectivity index (χ1) is 12.4. The molecule has 0 fully saturated rings. The van der Waals surface area contributed by atoms with Crippen LogP contribution >= 0.6 is 0 Å². The van der Waals surface area contributed by atoms with Crippen molar-refractivity contribution < 1.29 is 103 Å². The van der Waals surface area contributed by atoms with Crippen molar-refractivity contribution in [2.45, 2.75) is 22.0 Å². The predicted octanol–water partition coefficient (Wildman–Crippen LogP) is 2.12. The second kappa shape index (κ2) is 9.72. The van der Waals surface area contributed by atoms with Gasteiger partial charge in [0.15, 0.2) is 40.1 Å². The van der Waals surface area contributed by atoms with E-state index >= 15 is 0 Å². The zero-order valence-corrected chi connectivity index (χ0v) is 17.2. The summed E-state index contributed by atoms with van der Waals surface area (Å²) in [7, 11) is -26.9. The Bertz CT molecular complexity index is 862. The number of nitrogens with zero attached hydrogens (tertiary/aromatic N) is 2. The van der Waals surface area contributed by atoms with Gasteiger partial charge in [0, 0.05) is 0 Å². The van der Waals surface area contributed by atoms with Crippen LogP contribution < -0.4 is 0 Å². The predicted molar refractivity (Wildman–Crippen MR) is 66.6 cm³/mol. The summed E-state index contributed by atoms with van der Waals surface area (Å²) in [4.78, 5) is 0. The van der Waals surface area contributed by atoms with Crippen LogP contribution in [0.5, 0.6) is 0 Å². The Hall–Kier alpha value is -0.601. The first-order valence-electron chi connectivity index (χ1n) is 5.15. The second-order valence-electron chi connectivity index (χ2n) is 3.83. The zero-order chi connectivity index (χ0) is 25.4. The van der Waals surface area contributed by atoms with Crippen molar-refractivity contribution in [2.24, 2.45) is 0 Å². The van der Waals surface area contributed by atoms with E-state index in [1.54, 1.807) is 0 Å². The van der Waals surface area contributed by atoms with Crippen LogP contribution in [0.25, 0.3) is 8.25 Å². The summed E-state index contributed by atoms with van der Waals surface area (Å²) in [5, 5.41) is 0. The molecule has 189 valence electrons. The summed E-state index contributed by atoms with van der Waals surface area (Å²) in [5.74, 6) is 0. The molecule has 0 saturated heterocycles. The molecule has 1 radical (unpaired) electrons. The number of sulfonamides is 4. The minimum absolute atomic E-state index is 0. The molecule has 0 bridgehead atoms. The van der Waals surface area contributed by atoms with Crippen LogP contribution in [0, 0.1) is 0 Å². The summed E-state index contributed by atoms with van der Waals surface area (Å²) >= 11 is 0. The van der Waals surface area contributed by atoms with E-state index in [0.717, 1.165) is 8.25 Å². The number of hydrogen-bond acceptors (Lipinski definition) is 8. The molecule has 0 rings (SSSR count). The van der Waals surface area contributed by atoms with Gasteiger partial charge in [0.2, 0.25) is 0 Å². The van der Waals surface area contributed by atoms with E-state index < -0.39 is 62.1 Å². The molecule has 0 heterocycles. The molecule has 10 nitrogen and oxygen atoms in total. The number of alkyl halides is 12. The molecule has 0 aromatic carbocycles. The first kappa shape index (κ1) is 35.0. The van der Waals surface area contributed by atoms with Crippen LogP contribution in [-0.4, -0.2) is 55.7 Å². The smallest absolute Gasteiger partial charge is 0.421 e. The van der Waals surface area contributed by atoms with E-state index in [2.05, 4.69) is 0 Å². The molecule has 0 aliphatic carbocycles. The van der Waals surface area contributed by atoms with Crippen molar-refractivity contribution in [1.82, 2.24) is 0 Å². The third kappa shape index (κ3) is 9.82. The van der Waals surface area contributed by atoms with Crippen LogP contribution in [0.15, 0.2) is 0 Å².